The van der Waals surface area contributed by atoms with Crippen LogP contribution in [0.2, 0.25) is 0 Å². The average molecular weight is 570 g/mol. The first-order valence-electron chi connectivity index (χ1n) is 13.6. The van der Waals surface area contributed by atoms with E-state index in [1.807, 2.05) is 13.8 Å². The summed E-state index contributed by atoms with van der Waals surface area (Å²) in [6.07, 6.45) is -0.743. The van der Waals surface area contributed by atoms with E-state index < -0.39 is 59.2 Å². The van der Waals surface area contributed by atoms with Crippen LogP contribution in [0.1, 0.15) is 81.6 Å². The van der Waals surface area contributed by atoms with Crippen LogP contribution in [0, 0.1) is 11.8 Å². The monoisotopic (exact) mass is 569 g/mol. The Morgan fingerprint density at radius 2 is 1.57 bits per heavy atom. The van der Waals surface area contributed by atoms with Crippen LogP contribution in [0.4, 0.5) is 9.59 Å². The zero-order chi connectivity index (χ0) is 30.8. The molecule has 3 N–H and O–H groups in total. The van der Waals surface area contributed by atoms with Crippen molar-refractivity contribution in [2.75, 3.05) is 20.2 Å². The quantitative estimate of drug-likeness (QED) is 0.172. The highest BCUT2D eigenvalue weighted by Crippen LogP contribution is 2.35. The Balaban J connectivity index is 3.49. The van der Waals surface area contributed by atoms with Gasteiger partial charge in [-0.3, -0.25) is 19.7 Å². The second kappa shape index (κ2) is 14.8. The van der Waals surface area contributed by atoms with Crippen LogP contribution in [0.3, 0.4) is 0 Å². The summed E-state index contributed by atoms with van der Waals surface area (Å²) in [6.45, 7) is 16.1. The molecule has 13 heteroatoms. The first kappa shape index (κ1) is 34.6. The number of methoxy groups -OCH3 is 1. The molecule has 4 amide bonds. The van der Waals surface area contributed by atoms with Crippen LogP contribution in [0.25, 0.3) is 0 Å². The van der Waals surface area contributed by atoms with Gasteiger partial charge in [0, 0.05) is 32.0 Å². The summed E-state index contributed by atoms with van der Waals surface area (Å²) in [5.41, 5.74) is -1.69. The first-order valence-corrected chi connectivity index (χ1v) is 13.6. The molecule has 0 saturated heterocycles. The fourth-order valence-corrected chi connectivity index (χ4v) is 4.47. The predicted molar refractivity (Wildman–Crippen MR) is 148 cm³/mol. The summed E-state index contributed by atoms with van der Waals surface area (Å²) >= 11 is 0. The van der Waals surface area contributed by atoms with Crippen LogP contribution in [0.15, 0.2) is 4.99 Å². The lowest BCUT2D eigenvalue weighted by molar-refractivity contribution is -0.145. The smallest absolute Gasteiger partial charge is 0.437 e. The fourth-order valence-electron chi connectivity index (χ4n) is 4.47. The van der Waals surface area contributed by atoms with Crippen molar-refractivity contribution < 1.29 is 38.2 Å². The van der Waals surface area contributed by atoms with Gasteiger partial charge in [-0.1, -0.05) is 6.92 Å². The number of carbonyl (C=O) groups excluding carboxylic acids is 5. The average Bonchev–Trinajstić information content (AvgIpc) is 3.20. The van der Waals surface area contributed by atoms with E-state index in [1.54, 1.807) is 46.4 Å². The van der Waals surface area contributed by atoms with Crippen LogP contribution < -0.4 is 16.0 Å². The highest BCUT2D eigenvalue weighted by atomic mass is 16.6. The van der Waals surface area contributed by atoms with Crippen LogP contribution >= 0.6 is 0 Å². The van der Waals surface area contributed by atoms with E-state index in [2.05, 4.69) is 20.9 Å². The minimum Gasteiger partial charge on any atom is -0.469 e. The van der Waals surface area contributed by atoms with Gasteiger partial charge in [0.1, 0.15) is 17.2 Å². The van der Waals surface area contributed by atoms with Crippen molar-refractivity contribution in [2.45, 2.75) is 105 Å². The number of carbonyl (C=O) groups is 5. The Morgan fingerprint density at radius 3 is 2.05 bits per heavy atom. The predicted octanol–water partition coefficient (Wildman–Crippen LogP) is 2.72. The summed E-state index contributed by atoms with van der Waals surface area (Å²) in [5.74, 6) is -2.69. The molecule has 4 atom stereocenters. The molecule has 1 aliphatic carbocycles. The van der Waals surface area contributed by atoms with E-state index in [9.17, 15) is 24.0 Å². The molecule has 1 rings (SSSR count). The number of alkyl carbamates (subject to hydrolysis) is 1. The summed E-state index contributed by atoms with van der Waals surface area (Å²) in [5, 5.41) is 8.20. The summed E-state index contributed by atoms with van der Waals surface area (Å²) < 4.78 is 15.6. The van der Waals surface area contributed by atoms with E-state index in [0.717, 1.165) is 6.42 Å². The molecule has 0 bridgehead atoms. The third-order valence-electron chi connectivity index (χ3n) is 5.92. The first-order chi connectivity index (χ1) is 18.4. The lowest BCUT2D eigenvalue weighted by Gasteiger charge is -2.33. The molecular weight excluding hydrogens is 522 g/mol. The Kier molecular flexibility index (Phi) is 12.9. The molecule has 0 radical (unpaired) electrons. The standard InChI is InChI=1S/C27H47N5O8/c1-11-13-32(12-2)21(34)20(28-16(3)33)18-14-17(22(35)38-10)15-19(18)29-23(30-24(36)39-26(4,5)6)31-25(37)40-27(7,8)9/h17-20H,11-15H2,1-10H3,(H,28,33)(H2,29,30,31,36,37). The van der Waals surface area contributed by atoms with E-state index >= 15 is 0 Å². The van der Waals surface area contributed by atoms with Gasteiger partial charge in [-0.05, 0) is 67.7 Å². The van der Waals surface area contributed by atoms with Crippen LogP contribution in [-0.4, -0.2) is 84.3 Å². The van der Waals surface area contributed by atoms with Crippen LogP contribution in [-0.2, 0) is 28.6 Å². The molecule has 228 valence electrons. The molecule has 40 heavy (non-hydrogen) atoms. The van der Waals surface area contributed by atoms with Gasteiger partial charge in [0.25, 0.3) is 0 Å². The van der Waals surface area contributed by atoms with Crippen molar-refractivity contribution in [1.29, 1.82) is 0 Å². The van der Waals surface area contributed by atoms with E-state index in [4.69, 9.17) is 14.2 Å². The van der Waals surface area contributed by atoms with E-state index in [1.165, 1.54) is 14.0 Å². The Morgan fingerprint density at radius 1 is 0.975 bits per heavy atom. The summed E-state index contributed by atoms with van der Waals surface area (Å²) in [4.78, 5) is 69.0. The number of hydrogen-bond donors (Lipinski definition) is 3. The number of likely N-dealkylation sites (N-methyl/N-ethyl adjacent to an activating group) is 1. The molecule has 0 aliphatic heterocycles. The number of ether oxygens (including phenoxy) is 3. The van der Waals surface area contributed by atoms with Gasteiger partial charge in [-0.25, -0.2) is 9.59 Å². The number of rotatable bonds is 8. The molecule has 1 aliphatic rings. The fraction of sp³-hybridized carbons (Fsp3) is 0.778. The molecule has 1 fully saturated rings. The number of nitrogens with one attached hydrogen (secondary N) is 3. The van der Waals surface area contributed by atoms with Gasteiger partial charge in [0.05, 0.1) is 13.0 Å². The van der Waals surface area contributed by atoms with E-state index in [-0.39, 0.29) is 24.7 Å². The van der Waals surface area contributed by atoms with Gasteiger partial charge in [0.15, 0.2) is 0 Å². The largest absolute Gasteiger partial charge is 0.469 e. The molecule has 13 nitrogen and oxygen atoms in total. The maximum Gasteiger partial charge on any atom is 0.437 e. The molecular formula is C27H47N5O8. The molecule has 0 spiro atoms. The SMILES string of the molecule is CCCN(CC)C(=O)C(NC(C)=O)C1CC(C(=O)OC)CC1NC(=NC(=O)OC(C)(C)C)NC(=O)OC(C)(C)C. The maximum absolute atomic E-state index is 13.6. The normalized spacial score (nSPS) is 20.1. The Bertz CT molecular complexity index is 954. The topological polar surface area (TPSA) is 165 Å². The van der Waals surface area contributed by atoms with Crippen molar-refractivity contribution in [3.8, 4) is 0 Å². The number of guanidine groups is 1. The summed E-state index contributed by atoms with van der Waals surface area (Å²) in [7, 11) is 1.27. The molecule has 1 saturated carbocycles. The lowest BCUT2D eigenvalue weighted by Crippen LogP contribution is -2.57. The second-order valence-corrected chi connectivity index (χ2v) is 11.8. The van der Waals surface area contributed by atoms with Crippen LogP contribution in [0.5, 0.6) is 0 Å². The van der Waals surface area contributed by atoms with Gasteiger partial charge in [-0.15, -0.1) is 4.99 Å². The van der Waals surface area contributed by atoms with Crippen molar-refractivity contribution in [3.63, 3.8) is 0 Å². The molecule has 0 aromatic rings. The van der Waals surface area contributed by atoms with E-state index in [0.29, 0.717) is 13.1 Å². The third kappa shape index (κ3) is 11.8. The minimum atomic E-state index is -0.986. The molecule has 0 heterocycles. The van der Waals surface area contributed by atoms with Crippen molar-refractivity contribution in [2.24, 2.45) is 16.8 Å². The number of esters is 1. The maximum atomic E-state index is 13.6. The molecule has 4 unspecified atom stereocenters. The van der Waals surface area contributed by atoms with Crippen molar-refractivity contribution in [3.05, 3.63) is 0 Å². The van der Waals surface area contributed by atoms with Gasteiger partial charge >= 0.3 is 18.2 Å². The lowest BCUT2D eigenvalue weighted by atomic mass is 9.92. The van der Waals surface area contributed by atoms with Crippen molar-refractivity contribution >= 4 is 35.9 Å². The highest BCUT2D eigenvalue weighted by molar-refractivity contribution is 5.99. The minimum absolute atomic E-state index is 0.184. The van der Waals surface area contributed by atoms with Gasteiger partial charge in [-0.2, -0.15) is 0 Å². The number of nitrogens with zero attached hydrogens (tertiary/aromatic N) is 2. The second-order valence-electron chi connectivity index (χ2n) is 11.8. The highest BCUT2D eigenvalue weighted by Gasteiger charge is 2.46. The Hall–Kier alpha value is -3.38. The zero-order valence-corrected chi connectivity index (χ0v) is 25.5. The number of amides is 4. The summed E-state index contributed by atoms with van der Waals surface area (Å²) in [6, 6.07) is -1.66. The van der Waals surface area contributed by atoms with Gasteiger partial charge < -0.3 is 29.7 Å². The van der Waals surface area contributed by atoms with Gasteiger partial charge in [0.2, 0.25) is 17.8 Å². The Labute approximate surface area is 237 Å². The number of aliphatic imine (C=N–C) groups is 1. The molecule has 0 aromatic carbocycles. The van der Waals surface area contributed by atoms with Crippen molar-refractivity contribution in [1.82, 2.24) is 20.9 Å². The zero-order valence-electron chi connectivity index (χ0n) is 25.5. The number of hydrogen-bond acceptors (Lipinski definition) is 8. The molecule has 0 aromatic heterocycles. The third-order valence-corrected chi connectivity index (χ3v) is 5.92.